The number of nitrogens with zero attached hydrogens (tertiary/aromatic N) is 7. The molecule has 4 rings (SSSR count). The number of azo groups is 1. The zero-order chi connectivity index (χ0) is 22.3. The summed E-state index contributed by atoms with van der Waals surface area (Å²) in [6, 6.07) is 13.3. The maximum absolute atomic E-state index is 11.0. The van der Waals surface area contributed by atoms with Crippen molar-refractivity contribution in [3.63, 3.8) is 0 Å². The van der Waals surface area contributed by atoms with E-state index < -0.39 is 0 Å². The molecule has 0 fully saturated rings. The SMILES string of the molecule is CCCCNCc1cc2ccccc2c(N=Nc2c(C#N)cnn2-c2ncccn2)c1O. The van der Waals surface area contributed by atoms with Gasteiger partial charge >= 0.3 is 0 Å². The first-order chi connectivity index (χ1) is 15.7. The molecular formula is C23H22N8O. The van der Waals surface area contributed by atoms with E-state index in [1.165, 1.54) is 10.9 Å². The highest BCUT2D eigenvalue weighted by Crippen LogP contribution is 2.39. The van der Waals surface area contributed by atoms with Gasteiger partial charge in [0.2, 0.25) is 0 Å². The average molecular weight is 426 g/mol. The highest BCUT2D eigenvalue weighted by Gasteiger charge is 2.16. The highest BCUT2D eigenvalue weighted by atomic mass is 16.3. The van der Waals surface area contributed by atoms with Crippen LogP contribution in [0.15, 0.2) is 65.2 Å². The van der Waals surface area contributed by atoms with Crippen LogP contribution < -0.4 is 5.32 Å². The maximum Gasteiger partial charge on any atom is 0.252 e. The van der Waals surface area contributed by atoms with Crippen molar-refractivity contribution >= 4 is 22.3 Å². The Morgan fingerprint density at radius 2 is 1.97 bits per heavy atom. The molecule has 0 aliphatic carbocycles. The largest absolute Gasteiger partial charge is 0.505 e. The van der Waals surface area contributed by atoms with Crippen molar-refractivity contribution in [3.05, 3.63) is 66.1 Å². The zero-order valence-corrected chi connectivity index (χ0v) is 17.6. The smallest absolute Gasteiger partial charge is 0.252 e. The summed E-state index contributed by atoms with van der Waals surface area (Å²) in [5.41, 5.74) is 1.29. The van der Waals surface area contributed by atoms with Crippen LogP contribution in [0.2, 0.25) is 0 Å². The minimum Gasteiger partial charge on any atom is -0.505 e. The summed E-state index contributed by atoms with van der Waals surface area (Å²) < 4.78 is 1.34. The summed E-state index contributed by atoms with van der Waals surface area (Å²) in [6.07, 6.45) is 6.69. The van der Waals surface area contributed by atoms with Gasteiger partial charge in [0.15, 0.2) is 5.82 Å². The van der Waals surface area contributed by atoms with Crippen LogP contribution in [0, 0.1) is 11.3 Å². The molecule has 4 aromatic rings. The van der Waals surface area contributed by atoms with Crippen molar-refractivity contribution in [2.45, 2.75) is 26.3 Å². The van der Waals surface area contributed by atoms with E-state index in [9.17, 15) is 10.4 Å². The molecule has 0 saturated carbocycles. The Balaban J connectivity index is 1.77. The van der Waals surface area contributed by atoms with Gasteiger partial charge in [-0.25, -0.2) is 9.97 Å². The second kappa shape index (κ2) is 9.76. The number of benzene rings is 2. The molecule has 32 heavy (non-hydrogen) atoms. The summed E-state index contributed by atoms with van der Waals surface area (Å²) in [7, 11) is 0. The van der Waals surface area contributed by atoms with Crippen molar-refractivity contribution in [3.8, 4) is 17.8 Å². The third kappa shape index (κ3) is 4.31. The number of hydrogen-bond acceptors (Lipinski definition) is 8. The van der Waals surface area contributed by atoms with Gasteiger partial charge in [-0.2, -0.15) is 15.0 Å². The number of aromatic hydroxyl groups is 1. The fraction of sp³-hybridized carbons (Fsp3) is 0.217. The van der Waals surface area contributed by atoms with Crippen LogP contribution in [0.5, 0.6) is 5.75 Å². The Morgan fingerprint density at radius 1 is 1.16 bits per heavy atom. The molecule has 160 valence electrons. The number of hydrogen-bond donors (Lipinski definition) is 2. The molecule has 0 unspecified atom stereocenters. The zero-order valence-electron chi connectivity index (χ0n) is 17.6. The molecule has 9 nitrogen and oxygen atoms in total. The lowest BCUT2D eigenvalue weighted by Gasteiger charge is -2.11. The lowest BCUT2D eigenvalue weighted by Crippen LogP contribution is -2.14. The van der Waals surface area contributed by atoms with E-state index in [4.69, 9.17) is 0 Å². The molecule has 9 heteroatoms. The molecule has 2 aromatic carbocycles. The monoisotopic (exact) mass is 426 g/mol. The maximum atomic E-state index is 11.0. The second-order valence-electron chi connectivity index (χ2n) is 7.14. The van der Waals surface area contributed by atoms with Crippen LogP contribution in [0.25, 0.3) is 16.7 Å². The number of aromatic nitrogens is 4. The number of phenols is 1. The molecule has 0 aliphatic heterocycles. The first kappa shape index (κ1) is 21.1. The number of rotatable bonds is 8. The molecule has 2 aromatic heterocycles. The van der Waals surface area contributed by atoms with E-state index in [2.05, 4.69) is 43.6 Å². The van der Waals surface area contributed by atoms with Crippen molar-refractivity contribution in [2.75, 3.05) is 6.54 Å². The summed E-state index contributed by atoms with van der Waals surface area (Å²) >= 11 is 0. The van der Waals surface area contributed by atoms with E-state index in [-0.39, 0.29) is 23.1 Å². The number of fused-ring (bicyclic) bond motifs is 1. The summed E-state index contributed by atoms with van der Waals surface area (Å²) in [6.45, 7) is 3.51. The number of nitriles is 1. The molecule has 0 spiro atoms. The van der Waals surface area contributed by atoms with E-state index in [1.807, 2.05) is 30.3 Å². The predicted octanol–water partition coefficient (Wildman–Crippen LogP) is 4.70. The minimum atomic E-state index is 0.0528. The Kier molecular flexibility index (Phi) is 6.43. The normalized spacial score (nSPS) is 11.2. The summed E-state index contributed by atoms with van der Waals surface area (Å²) in [4.78, 5) is 8.33. The first-order valence-corrected chi connectivity index (χ1v) is 10.3. The molecule has 2 heterocycles. The molecule has 0 saturated heterocycles. The topological polar surface area (TPSA) is 124 Å². The van der Waals surface area contributed by atoms with Gasteiger partial charge in [0.25, 0.3) is 5.95 Å². The predicted molar refractivity (Wildman–Crippen MR) is 120 cm³/mol. The van der Waals surface area contributed by atoms with Crippen LogP contribution in [-0.4, -0.2) is 31.4 Å². The Labute approximate surface area is 185 Å². The molecule has 0 radical (unpaired) electrons. The molecule has 0 aliphatic rings. The quantitative estimate of drug-likeness (QED) is 0.311. The summed E-state index contributed by atoms with van der Waals surface area (Å²) in [5, 5.41) is 38.3. The van der Waals surface area contributed by atoms with E-state index in [0.717, 1.165) is 35.7 Å². The first-order valence-electron chi connectivity index (χ1n) is 10.3. The number of nitrogens with one attached hydrogen (secondary N) is 1. The van der Waals surface area contributed by atoms with Crippen LogP contribution >= 0.6 is 0 Å². The Bertz CT molecular complexity index is 1290. The van der Waals surface area contributed by atoms with E-state index >= 15 is 0 Å². The number of phenolic OH excluding ortho intramolecular Hbond substituents is 1. The highest BCUT2D eigenvalue weighted by molar-refractivity contribution is 5.96. The molecular weight excluding hydrogens is 404 g/mol. The van der Waals surface area contributed by atoms with Gasteiger partial charge < -0.3 is 10.4 Å². The lowest BCUT2D eigenvalue weighted by molar-refractivity contribution is 0.466. The van der Waals surface area contributed by atoms with Crippen molar-refractivity contribution in [1.82, 2.24) is 25.1 Å². The van der Waals surface area contributed by atoms with Crippen LogP contribution in [0.4, 0.5) is 11.5 Å². The summed E-state index contributed by atoms with van der Waals surface area (Å²) in [5.74, 6) is 0.511. The van der Waals surface area contributed by atoms with Gasteiger partial charge in [-0.15, -0.1) is 10.2 Å². The van der Waals surface area contributed by atoms with Gasteiger partial charge in [-0.1, -0.05) is 37.6 Å². The van der Waals surface area contributed by atoms with Crippen LogP contribution in [0.1, 0.15) is 30.9 Å². The fourth-order valence-corrected chi connectivity index (χ4v) is 3.30. The standard InChI is InChI=1S/C23H22N8O/c1-2-3-9-25-14-17-12-16-7-4-5-8-19(16)20(21(17)32)29-30-22-18(13-24)15-28-31(22)23-26-10-6-11-27-23/h4-8,10-12,15,25,32H,2-3,9,14H2,1H3. The van der Waals surface area contributed by atoms with Crippen molar-refractivity contribution < 1.29 is 5.11 Å². The fourth-order valence-electron chi connectivity index (χ4n) is 3.30. The van der Waals surface area contributed by atoms with Crippen molar-refractivity contribution in [1.29, 1.82) is 5.26 Å². The van der Waals surface area contributed by atoms with Gasteiger partial charge in [-0.3, -0.25) is 0 Å². The Hall–Kier alpha value is -4.16. The minimum absolute atomic E-state index is 0.0528. The molecule has 0 atom stereocenters. The van der Waals surface area contributed by atoms with E-state index in [0.29, 0.717) is 12.2 Å². The molecule has 0 bridgehead atoms. The molecule has 2 N–H and O–H groups in total. The second-order valence-corrected chi connectivity index (χ2v) is 7.14. The van der Waals surface area contributed by atoms with E-state index in [1.54, 1.807) is 18.5 Å². The Morgan fingerprint density at radius 3 is 2.75 bits per heavy atom. The van der Waals surface area contributed by atoms with Crippen molar-refractivity contribution in [2.24, 2.45) is 10.2 Å². The average Bonchev–Trinajstić information content (AvgIpc) is 3.25. The third-order valence-electron chi connectivity index (χ3n) is 4.95. The van der Waals surface area contributed by atoms with Gasteiger partial charge in [-0.05, 0) is 30.5 Å². The van der Waals surface area contributed by atoms with Gasteiger partial charge in [0, 0.05) is 29.9 Å². The lowest BCUT2D eigenvalue weighted by atomic mass is 10.0. The third-order valence-corrected chi connectivity index (χ3v) is 4.95. The number of unbranched alkanes of at least 4 members (excludes halogenated alkanes) is 1. The van der Waals surface area contributed by atoms with Gasteiger partial charge in [0.1, 0.15) is 23.1 Å². The van der Waals surface area contributed by atoms with Crippen LogP contribution in [0.3, 0.4) is 0 Å². The van der Waals surface area contributed by atoms with Crippen LogP contribution in [-0.2, 0) is 6.54 Å². The molecule has 0 amide bonds. The van der Waals surface area contributed by atoms with Gasteiger partial charge in [0.05, 0.1) is 6.20 Å².